The number of hydrogen-bond acceptors (Lipinski definition) is 3. The summed E-state index contributed by atoms with van der Waals surface area (Å²) in [5.74, 6) is 0.655. The van der Waals surface area contributed by atoms with Gasteiger partial charge in [0.2, 0.25) is 11.8 Å². The molecule has 0 heterocycles. The zero-order valence-electron chi connectivity index (χ0n) is 19.0. The third-order valence-electron chi connectivity index (χ3n) is 5.96. The summed E-state index contributed by atoms with van der Waals surface area (Å²) in [4.78, 5) is 27.7. The predicted octanol–water partition coefficient (Wildman–Crippen LogP) is 5.28. The number of carbonyl (C=O) groups excluding carboxylic acids is 2. The zero-order chi connectivity index (χ0) is 22.9. The topological polar surface area (TPSA) is 58.6 Å². The molecule has 1 aliphatic rings. The van der Waals surface area contributed by atoms with Crippen LogP contribution in [-0.2, 0) is 16.1 Å². The number of ether oxygens (including phenoxy) is 1. The van der Waals surface area contributed by atoms with E-state index < -0.39 is 6.04 Å². The van der Waals surface area contributed by atoms with Crippen LogP contribution in [0.1, 0.15) is 56.6 Å². The van der Waals surface area contributed by atoms with Crippen molar-refractivity contribution in [2.45, 2.75) is 71.0 Å². The van der Waals surface area contributed by atoms with Gasteiger partial charge in [0.05, 0.1) is 6.61 Å². The second kappa shape index (κ2) is 11.9. The maximum Gasteiger partial charge on any atom is 0.242 e. The van der Waals surface area contributed by atoms with E-state index in [1.54, 1.807) is 24.0 Å². The molecule has 0 aliphatic heterocycles. The van der Waals surface area contributed by atoms with Crippen LogP contribution in [0.3, 0.4) is 0 Å². The largest absolute Gasteiger partial charge is 0.494 e. The normalized spacial score (nSPS) is 14.7. The zero-order valence-corrected chi connectivity index (χ0v) is 19.7. The van der Waals surface area contributed by atoms with E-state index in [2.05, 4.69) is 5.32 Å². The second-order valence-electron chi connectivity index (χ2n) is 8.58. The minimum absolute atomic E-state index is 0.0541. The van der Waals surface area contributed by atoms with E-state index in [1.807, 2.05) is 43.3 Å². The fourth-order valence-electron chi connectivity index (χ4n) is 3.95. The first-order valence-corrected chi connectivity index (χ1v) is 11.8. The summed E-state index contributed by atoms with van der Waals surface area (Å²) in [6.07, 6.45) is 5.22. The van der Waals surface area contributed by atoms with Gasteiger partial charge in [-0.25, -0.2) is 0 Å². The van der Waals surface area contributed by atoms with Crippen molar-refractivity contribution in [3.63, 3.8) is 0 Å². The van der Waals surface area contributed by atoms with Crippen molar-refractivity contribution in [1.82, 2.24) is 10.2 Å². The molecule has 2 aromatic rings. The molecule has 0 radical (unpaired) electrons. The highest BCUT2D eigenvalue weighted by Gasteiger charge is 2.28. The summed E-state index contributed by atoms with van der Waals surface area (Å²) < 4.78 is 5.75. The molecular formula is C26H33ClN2O3. The minimum atomic E-state index is -0.545. The third kappa shape index (κ3) is 7.27. The predicted molar refractivity (Wildman–Crippen MR) is 128 cm³/mol. The van der Waals surface area contributed by atoms with Crippen molar-refractivity contribution in [1.29, 1.82) is 0 Å². The van der Waals surface area contributed by atoms with Gasteiger partial charge >= 0.3 is 0 Å². The molecule has 2 aromatic carbocycles. The van der Waals surface area contributed by atoms with E-state index in [1.165, 1.54) is 5.56 Å². The molecular weight excluding hydrogens is 424 g/mol. The highest BCUT2D eigenvalue weighted by Crippen LogP contribution is 2.19. The van der Waals surface area contributed by atoms with Crippen LogP contribution in [0.15, 0.2) is 48.5 Å². The molecule has 2 amide bonds. The molecule has 1 atom stereocenters. The van der Waals surface area contributed by atoms with Gasteiger partial charge in [0.25, 0.3) is 0 Å². The number of rotatable bonds is 10. The SMILES string of the molecule is Cc1ccc(OCCCC(=O)N(Cc2ccc(Cl)cc2)C(C)C(=O)NC2CCCC2)cc1. The van der Waals surface area contributed by atoms with Crippen LogP contribution >= 0.6 is 11.6 Å². The van der Waals surface area contributed by atoms with E-state index in [0.29, 0.717) is 31.0 Å². The highest BCUT2D eigenvalue weighted by atomic mass is 35.5. The number of amides is 2. The van der Waals surface area contributed by atoms with Crippen molar-refractivity contribution in [2.24, 2.45) is 0 Å². The molecule has 1 aliphatic carbocycles. The first-order chi connectivity index (χ1) is 15.4. The van der Waals surface area contributed by atoms with E-state index in [0.717, 1.165) is 37.0 Å². The number of benzene rings is 2. The fraction of sp³-hybridized carbons (Fsp3) is 0.462. The molecule has 172 valence electrons. The summed E-state index contributed by atoms with van der Waals surface area (Å²) in [5.41, 5.74) is 2.12. The van der Waals surface area contributed by atoms with Crippen LogP contribution in [0.2, 0.25) is 5.02 Å². The van der Waals surface area contributed by atoms with Crippen LogP contribution in [0.5, 0.6) is 5.75 Å². The number of halogens is 1. The van der Waals surface area contributed by atoms with Gasteiger partial charge in [-0.15, -0.1) is 0 Å². The van der Waals surface area contributed by atoms with Crippen molar-refractivity contribution in [3.8, 4) is 5.75 Å². The number of carbonyl (C=O) groups is 2. The van der Waals surface area contributed by atoms with Gasteiger partial charge in [-0.2, -0.15) is 0 Å². The maximum atomic E-state index is 13.1. The van der Waals surface area contributed by atoms with Crippen LogP contribution in [-0.4, -0.2) is 35.4 Å². The molecule has 32 heavy (non-hydrogen) atoms. The lowest BCUT2D eigenvalue weighted by atomic mass is 10.1. The van der Waals surface area contributed by atoms with E-state index >= 15 is 0 Å². The Kier molecular flexibility index (Phi) is 8.98. The molecule has 1 N–H and O–H groups in total. The van der Waals surface area contributed by atoms with Gasteiger partial charge < -0.3 is 15.0 Å². The first kappa shape index (κ1) is 24.1. The minimum Gasteiger partial charge on any atom is -0.494 e. The van der Waals surface area contributed by atoms with E-state index in [-0.39, 0.29) is 17.9 Å². The summed E-state index contributed by atoms with van der Waals surface area (Å²) in [6.45, 7) is 4.66. The van der Waals surface area contributed by atoms with Crippen LogP contribution in [0, 0.1) is 6.92 Å². The Balaban J connectivity index is 1.59. The van der Waals surface area contributed by atoms with Crippen molar-refractivity contribution in [3.05, 3.63) is 64.7 Å². The van der Waals surface area contributed by atoms with Gasteiger partial charge in [-0.1, -0.05) is 54.3 Å². The highest BCUT2D eigenvalue weighted by molar-refractivity contribution is 6.30. The molecule has 1 fully saturated rings. The summed E-state index contributed by atoms with van der Waals surface area (Å²) >= 11 is 6.00. The quantitative estimate of drug-likeness (QED) is 0.494. The summed E-state index contributed by atoms with van der Waals surface area (Å²) in [6, 6.07) is 14.9. The van der Waals surface area contributed by atoms with Gasteiger partial charge in [0, 0.05) is 24.0 Å². The standard InChI is InChI=1S/C26H33ClN2O3/c1-19-9-15-24(16-10-19)32-17-5-8-25(30)29(18-21-11-13-22(27)14-12-21)20(2)26(31)28-23-6-3-4-7-23/h9-16,20,23H,3-8,17-18H2,1-2H3,(H,28,31). The molecule has 0 spiro atoms. The molecule has 0 saturated heterocycles. The lowest BCUT2D eigenvalue weighted by Gasteiger charge is -2.30. The Hall–Kier alpha value is -2.53. The monoisotopic (exact) mass is 456 g/mol. The van der Waals surface area contributed by atoms with Crippen molar-refractivity contribution in [2.75, 3.05) is 6.61 Å². The van der Waals surface area contributed by atoms with Crippen LogP contribution in [0.25, 0.3) is 0 Å². The smallest absolute Gasteiger partial charge is 0.242 e. The molecule has 6 heteroatoms. The Morgan fingerprint density at radius 2 is 1.75 bits per heavy atom. The van der Waals surface area contributed by atoms with Gasteiger partial charge in [-0.3, -0.25) is 9.59 Å². The molecule has 5 nitrogen and oxygen atoms in total. The lowest BCUT2D eigenvalue weighted by Crippen LogP contribution is -2.49. The second-order valence-corrected chi connectivity index (χ2v) is 9.02. The summed E-state index contributed by atoms with van der Waals surface area (Å²) in [5, 5.41) is 3.77. The average molecular weight is 457 g/mol. The van der Waals surface area contributed by atoms with Crippen LogP contribution < -0.4 is 10.1 Å². The maximum absolute atomic E-state index is 13.1. The van der Waals surface area contributed by atoms with Crippen molar-refractivity contribution >= 4 is 23.4 Å². The summed E-state index contributed by atoms with van der Waals surface area (Å²) in [7, 11) is 0. The molecule has 3 rings (SSSR count). The molecule has 1 saturated carbocycles. The third-order valence-corrected chi connectivity index (χ3v) is 6.21. The molecule has 0 aromatic heterocycles. The van der Waals surface area contributed by atoms with Crippen LogP contribution in [0.4, 0.5) is 0 Å². The fourth-order valence-corrected chi connectivity index (χ4v) is 4.08. The van der Waals surface area contributed by atoms with Gasteiger partial charge in [-0.05, 0) is 62.9 Å². The Bertz CT molecular complexity index is 877. The van der Waals surface area contributed by atoms with Gasteiger partial charge in [0.15, 0.2) is 0 Å². The number of aryl methyl sites for hydroxylation is 1. The average Bonchev–Trinajstić information content (AvgIpc) is 3.30. The number of nitrogens with one attached hydrogen (secondary N) is 1. The van der Waals surface area contributed by atoms with E-state index in [9.17, 15) is 9.59 Å². The Morgan fingerprint density at radius 3 is 2.41 bits per heavy atom. The lowest BCUT2D eigenvalue weighted by molar-refractivity contribution is -0.141. The Labute approximate surface area is 196 Å². The molecule has 0 bridgehead atoms. The first-order valence-electron chi connectivity index (χ1n) is 11.5. The van der Waals surface area contributed by atoms with Gasteiger partial charge in [0.1, 0.15) is 11.8 Å². The Morgan fingerprint density at radius 1 is 1.09 bits per heavy atom. The number of hydrogen-bond donors (Lipinski definition) is 1. The number of nitrogens with zero attached hydrogens (tertiary/aromatic N) is 1. The van der Waals surface area contributed by atoms with Crippen molar-refractivity contribution < 1.29 is 14.3 Å². The van der Waals surface area contributed by atoms with E-state index in [4.69, 9.17) is 16.3 Å². The molecule has 1 unspecified atom stereocenters.